The zero-order valence-corrected chi connectivity index (χ0v) is 18.0. The van der Waals surface area contributed by atoms with Gasteiger partial charge in [0.2, 0.25) is 0 Å². The third kappa shape index (κ3) is 6.88. The topological polar surface area (TPSA) is 95.8 Å². The summed E-state index contributed by atoms with van der Waals surface area (Å²) in [4.78, 5) is 16.6. The van der Waals surface area contributed by atoms with E-state index in [0.717, 1.165) is 0 Å². The van der Waals surface area contributed by atoms with E-state index >= 15 is 0 Å². The number of phenolic OH excluding ortho intramolecular Hbond substituents is 1. The minimum Gasteiger partial charge on any atom is -0.504 e. The molecule has 0 aliphatic carbocycles. The highest BCUT2D eigenvalue weighted by Gasteiger charge is 2.40. The van der Waals surface area contributed by atoms with Gasteiger partial charge in [0, 0.05) is 12.9 Å². The number of phenols is 1. The second-order valence-corrected chi connectivity index (χ2v) is 7.38. The molecule has 8 nitrogen and oxygen atoms in total. The van der Waals surface area contributed by atoms with Gasteiger partial charge in [-0.05, 0) is 26.0 Å². The van der Waals surface area contributed by atoms with Crippen molar-refractivity contribution in [2.75, 3.05) is 59.1 Å². The van der Waals surface area contributed by atoms with Crippen LogP contribution in [0.15, 0.2) is 23.2 Å². The summed E-state index contributed by atoms with van der Waals surface area (Å²) in [6.45, 7) is 6.50. The minimum absolute atomic E-state index is 0.00485. The predicted octanol–water partition coefficient (Wildman–Crippen LogP) is 2.27. The molecule has 1 unspecified atom stereocenters. The van der Waals surface area contributed by atoms with Crippen molar-refractivity contribution in [3.05, 3.63) is 23.8 Å². The molecule has 0 fully saturated rings. The number of ether oxygens (including phenoxy) is 5. The normalized spacial score (nSPS) is 18.5. The number of carbonyl (C=O) groups is 1. The number of rotatable bonds is 13. The Morgan fingerprint density at radius 2 is 1.86 bits per heavy atom. The van der Waals surface area contributed by atoms with Gasteiger partial charge in [0.15, 0.2) is 17.0 Å². The Hall–Kier alpha value is -1.81. The van der Waals surface area contributed by atoms with E-state index in [4.69, 9.17) is 23.7 Å². The smallest absolute Gasteiger partial charge is 0.334 e. The van der Waals surface area contributed by atoms with Crippen LogP contribution in [0.3, 0.4) is 0 Å². The average molecular weight is 428 g/mol. The average Bonchev–Trinajstić information content (AvgIpc) is 3.11. The molecule has 1 aromatic rings. The quantitative estimate of drug-likeness (QED) is 0.378. The van der Waals surface area contributed by atoms with E-state index < -0.39 is 5.54 Å². The van der Waals surface area contributed by atoms with E-state index in [-0.39, 0.29) is 18.3 Å². The van der Waals surface area contributed by atoms with Crippen molar-refractivity contribution >= 4 is 22.8 Å². The Morgan fingerprint density at radius 3 is 2.55 bits per heavy atom. The highest BCUT2D eigenvalue weighted by atomic mass is 32.2. The summed E-state index contributed by atoms with van der Waals surface area (Å²) < 4.78 is 26.3. The fourth-order valence-electron chi connectivity index (χ4n) is 2.51. The van der Waals surface area contributed by atoms with Crippen LogP contribution in [0.25, 0.3) is 0 Å². The fourth-order valence-corrected chi connectivity index (χ4v) is 3.70. The summed E-state index contributed by atoms with van der Waals surface area (Å²) in [6, 6.07) is 5.20. The maximum Gasteiger partial charge on any atom is 0.334 e. The van der Waals surface area contributed by atoms with Crippen LogP contribution >= 0.6 is 11.8 Å². The first-order valence-corrected chi connectivity index (χ1v) is 10.5. The Labute approximate surface area is 175 Å². The summed E-state index contributed by atoms with van der Waals surface area (Å²) in [6.07, 6.45) is 0. The number of esters is 1. The molecule has 1 N–H and O–H groups in total. The maximum absolute atomic E-state index is 12.1. The number of para-hydroxylation sites is 1. The van der Waals surface area contributed by atoms with Crippen LogP contribution in [0.4, 0.5) is 0 Å². The maximum atomic E-state index is 12.1. The van der Waals surface area contributed by atoms with Crippen molar-refractivity contribution in [1.29, 1.82) is 0 Å². The fraction of sp³-hybridized carbons (Fsp3) is 0.600. The Bertz CT molecular complexity index is 697. The third-order valence-electron chi connectivity index (χ3n) is 4.07. The lowest BCUT2D eigenvalue weighted by atomic mass is 10.1. The standard InChI is InChI=1S/C20H29NO7S/c1-4-27-19(23)20(2)14-29-18(21-20)15-6-5-7-16(17(15)22)28-13-12-26-11-10-25-9-8-24-3/h5-7,22H,4,8-14H2,1-3H3. The number of hydrogen-bond donors (Lipinski definition) is 1. The van der Waals surface area contributed by atoms with Crippen LogP contribution in [0, 0.1) is 0 Å². The molecule has 0 saturated heterocycles. The van der Waals surface area contributed by atoms with Gasteiger partial charge in [0.25, 0.3) is 0 Å². The molecule has 1 heterocycles. The summed E-state index contributed by atoms with van der Waals surface area (Å²) >= 11 is 1.41. The molecule has 0 aromatic heterocycles. The van der Waals surface area contributed by atoms with Crippen molar-refractivity contribution < 1.29 is 33.6 Å². The van der Waals surface area contributed by atoms with E-state index in [1.54, 1.807) is 39.2 Å². The second-order valence-electron chi connectivity index (χ2n) is 6.42. The van der Waals surface area contributed by atoms with E-state index in [1.165, 1.54) is 11.8 Å². The number of aromatic hydroxyl groups is 1. The van der Waals surface area contributed by atoms with Gasteiger partial charge in [-0.25, -0.2) is 4.79 Å². The number of benzene rings is 1. The van der Waals surface area contributed by atoms with Gasteiger partial charge in [-0.2, -0.15) is 0 Å². The molecule has 9 heteroatoms. The number of carbonyl (C=O) groups excluding carboxylic acids is 1. The van der Waals surface area contributed by atoms with E-state index in [1.807, 2.05) is 0 Å². The molecule has 1 atom stereocenters. The molecule has 1 aliphatic rings. The Balaban J connectivity index is 1.86. The molecule has 0 amide bonds. The summed E-state index contributed by atoms with van der Waals surface area (Å²) in [5.41, 5.74) is -0.411. The highest BCUT2D eigenvalue weighted by Crippen LogP contribution is 2.38. The van der Waals surface area contributed by atoms with Crippen LogP contribution in [-0.2, 0) is 23.7 Å². The van der Waals surface area contributed by atoms with Crippen LogP contribution in [0.1, 0.15) is 19.4 Å². The second kappa shape index (κ2) is 12.0. The Morgan fingerprint density at radius 1 is 1.17 bits per heavy atom. The summed E-state index contributed by atoms with van der Waals surface area (Å²) in [5, 5.41) is 11.2. The number of nitrogens with zero attached hydrogens (tertiary/aromatic N) is 1. The number of hydrogen-bond acceptors (Lipinski definition) is 9. The molecule has 0 saturated carbocycles. The van der Waals surface area contributed by atoms with Gasteiger partial charge in [-0.3, -0.25) is 4.99 Å². The van der Waals surface area contributed by atoms with E-state index in [2.05, 4.69) is 4.99 Å². The number of aliphatic imine (C=N–C) groups is 1. The van der Waals surface area contributed by atoms with Crippen molar-refractivity contribution in [3.63, 3.8) is 0 Å². The molecule has 0 radical (unpaired) electrons. The largest absolute Gasteiger partial charge is 0.504 e. The van der Waals surface area contributed by atoms with E-state index in [9.17, 15) is 9.90 Å². The van der Waals surface area contributed by atoms with Crippen molar-refractivity contribution in [1.82, 2.24) is 0 Å². The highest BCUT2D eigenvalue weighted by molar-refractivity contribution is 8.14. The predicted molar refractivity (Wildman–Crippen MR) is 111 cm³/mol. The Kier molecular flexibility index (Phi) is 9.72. The van der Waals surface area contributed by atoms with Crippen molar-refractivity contribution in [3.8, 4) is 11.5 Å². The van der Waals surface area contributed by atoms with Gasteiger partial charge in [0.05, 0.1) is 45.2 Å². The lowest BCUT2D eigenvalue weighted by molar-refractivity contribution is -0.147. The van der Waals surface area contributed by atoms with Gasteiger partial charge >= 0.3 is 5.97 Å². The molecule has 1 aliphatic heterocycles. The first-order chi connectivity index (χ1) is 14.0. The SMILES string of the molecule is CCOC(=O)C1(C)CSC(c2cccc(OCCOCCOCCOC)c2O)=N1. The molecule has 0 bridgehead atoms. The molecule has 1 aromatic carbocycles. The zero-order valence-electron chi connectivity index (χ0n) is 17.1. The summed E-state index contributed by atoms with van der Waals surface area (Å²) in [5.74, 6) is 0.439. The zero-order chi connectivity index (χ0) is 21.1. The molecular weight excluding hydrogens is 398 g/mol. The van der Waals surface area contributed by atoms with Crippen LogP contribution in [-0.4, -0.2) is 80.8 Å². The van der Waals surface area contributed by atoms with Gasteiger partial charge in [-0.15, -0.1) is 11.8 Å². The van der Waals surface area contributed by atoms with Crippen molar-refractivity contribution in [2.45, 2.75) is 19.4 Å². The van der Waals surface area contributed by atoms with Crippen molar-refractivity contribution in [2.24, 2.45) is 4.99 Å². The lowest BCUT2D eigenvalue weighted by Gasteiger charge is -2.16. The number of methoxy groups -OCH3 is 1. The van der Waals surface area contributed by atoms with Crippen LogP contribution in [0.5, 0.6) is 11.5 Å². The molecule has 162 valence electrons. The first-order valence-electron chi connectivity index (χ1n) is 9.51. The van der Waals surface area contributed by atoms with Gasteiger partial charge in [-0.1, -0.05) is 6.07 Å². The third-order valence-corrected chi connectivity index (χ3v) is 5.36. The molecule has 29 heavy (non-hydrogen) atoms. The monoisotopic (exact) mass is 427 g/mol. The first kappa shape index (κ1) is 23.5. The van der Waals surface area contributed by atoms with Gasteiger partial charge in [0.1, 0.15) is 11.7 Å². The van der Waals surface area contributed by atoms with Crippen LogP contribution in [0.2, 0.25) is 0 Å². The summed E-state index contributed by atoms with van der Waals surface area (Å²) in [7, 11) is 1.62. The van der Waals surface area contributed by atoms with Gasteiger partial charge < -0.3 is 28.8 Å². The van der Waals surface area contributed by atoms with E-state index in [0.29, 0.717) is 61.8 Å². The molecular formula is C20H29NO7S. The molecule has 2 rings (SSSR count). The van der Waals surface area contributed by atoms with Crippen LogP contribution < -0.4 is 4.74 Å². The minimum atomic E-state index is -0.946. The molecule has 0 spiro atoms. The number of thioether (sulfide) groups is 1. The lowest BCUT2D eigenvalue weighted by Crippen LogP contribution is -2.35.